The summed E-state index contributed by atoms with van der Waals surface area (Å²) < 4.78 is 0. The van der Waals surface area contributed by atoms with Crippen molar-refractivity contribution in [1.82, 2.24) is 5.32 Å². The minimum Gasteiger partial charge on any atom is -0.316 e. The maximum atomic E-state index is 8.18. The third kappa shape index (κ3) is 7.45. The van der Waals surface area contributed by atoms with Crippen LogP contribution in [-0.2, 0) is 0 Å². The molecule has 0 aromatic heterocycles. The Bertz CT molecular complexity index is 102. The molecule has 0 rings (SSSR count). The first-order chi connectivity index (χ1) is 4.77. The first-order valence-corrected chi connectivity index (χ1v) is 3.85. The third-order valence-electron chi connectivity index (χ3n) is 1.31. The van der Waals surface area contributed by atoms with Crippen LogP contribution in [0.5, 0.6) is 0 Å². The molecule has 0 saturated carbocycles. The topological polar surface area (TPSA) is 35.8 Å². The van der Waals surface area contributed by atoms with Crippen LogP contribution in [0.4, 0.5) is 0 Å². The second-order valence-corrected chi connectivity index (χ2v) is 2.84. The molecule has 0 unspecified atom stereocenters. The molecule has 0 amide bonds. The molecule has 2 nitrogen and oxygen atoms in total. The second-order valence-electron chi connectivity index (χ2n) is 2.84. The fourth-order valence-electron chi connectivity index (χ4n) is 0.660. The molecule has 0 aliphatic rings. The molecule has 58 valence electrons. The molecule has 0 aromatic rings. The standard InChI is InChI=1S/C8H16N2/c1-8(2)4-7-10-6-3-5-9/h8,10H,3-4,6-7H2,1-2H3. The van der Waals surface area contributed by atoms with E-state index in [0.29, 0.717) is 6.42 Å². The number of nitriles is 1. The van der Waals surface area contributed by atoms with Gasteiger partial charge in [0.2, 0.25) is 0 Å². The SMILES string of the molecule is CC(C)CCNCCC#N. The lowest BCUT2D eigenvalue weighted by Gasteiger charge is -2.03. The van der Waals surface area contributed by atoms with Gasteiger partial charge in [0.05, 0.1) is 6.07 Å². The first kappa shape index (κ1) is 9.45. The van der Waals surface area contributed by atoms with E-state index in [2.05, 4.69) is 25.2 Å². The highest BCUT2D eigenvalue weighted by Crippen LogP contribution is 1.95. The van der Waals surface area contributed by atoms with Gasteiger partial charge in [-0.3, -0.25) is 0 Å². The molecule has 0 saturated heterocycles. The van der Waals surface area contributed by atoms with Crippen LogP contribution >= 0.6 is 0 Å². The summed E-state index contributed by atoms with van der Waals surface area (Å²) in [5.41, 5.74) is 0. The van der Waals surface area contributed by atoms with Crippen molar-refractivity contribution in [3.63, 3.8) is 0 Å². The summed E-state index contributed by atoms with van der Waals surface area (Å²) in [6, 6.07) is 2.09. The van der Waals surface area contributed by atoms with Gasteiger partial charge in [0, 0.05) is 13.0 Å². The van der Waals surface area contributed by atoms with E-state index < -0.39 is 0 Å². The summed E-state index contributed by atoms with van der Waals surface area (Å²) >= 11 is 0. The highest BCUT2D eigenvalue weighted by atomic mass is 14.8. The molecule has 0 atom stereocenters. The molecule has 0 spiro atoms. The number of hydrogen-bond donors (Lipinski definition) is 1. The number of rotatable bonds is 5. The summed E-state index contributed by atoms with van der Waals surface area (Å²) in [4.78, 5) is 0. The molecule has 0 bridgehead atoms. The normalized spacial score (nSPS) is 9.80. The Balaban J connectivity index is 2.86. The first-order valence-electron chi connectivity index (χ1n) is 3.85. The molecule has 1 N–H and O–H groups in total. The van der Waals surface area contributed by atoms with Gasteiger partial charge >= 0.3 is 0 Å². The van der Waals surface area contributed by atoms with E-state index in [0.717, 1.165) is 19.0 Å². The van der Waals surface area contributed by atoms with E-state index in [9.17, 15) is 0 Å². The van der Waals surface area contributed by atoms with Crippen molar-refractivity contribution >= 4 is 0 Å². The molecule has 0 heterocycles. The Labute approximate surface area is 63.2 Å². The van der Waals surface area contributed by atoms with Gasteiger partial charge < -0.3 is 5.32 Å². The summed E-state index contributed by atoms with van der Waals surface area (Å²) in [6.07, 6.45) is 1.82. The minimum absolute atomic E-state index is 0.623. The van der Waals surface area contributed by atoms with Gasteiger partial charge in [-0.15, -0.1) is 0 Å². The van der Waals surface area contributed by atoms with Crippen LogP contribution in [0.3, 0.4) is 0 Å². The fraction of sp³-hybridized carbons (Fsp3) is 0.875. The number of hydrogen-bond acceptors (Lipinski definition) is 2. The quantitative estimate of drug-likeness (QED) is 0.588. The maximum Gasteiger partial charge on any atom is 0.0635 e. The average molecular weight is 140 g/mol. The van der Waals surface area contributed by atoms with Gasteiger partial charge in [0.1, 0.15) is 0 Å². The van der Waals surface area contributed by atoms with E-state index in [4.69, 9.17) is 5.26 Å². The van der Waals surface area contributed by atoms with E-state index in [1.54, 1.807) is 0 Å². The minimum atomic E-state index is 0.623. The summed E-state index contributed by atoms with van der Waals surface area (Å²) in [5.74, 6) is 0.759. The van der Waals surface area contributed by atoms with E-state index >= 15 is 0 Å². The van der Waals surface area contributed by atoms with Gasteiger partial charge in [-0.1, -0.05) is 13.8 Å². The Morgan fingerprint density at radius 3 is 2.60 bits per heavy atom. The maximum absolute atomic E-state index is 8.18. The zero-order chi connectivity index (χ0) is 7.82. The molecule has 10 heavy (non-hydrogen) atoms. The molecule has 0 radical (unpaired) electrons. The predicted octanol–water partition coefficient (Wildman–Crippen LogP) is 1.54. The highest BCUT2D eigenvalue weighted by Gasteiger charge is 1.91. The van der Waals surface area contributed by atoms with E-state index in [-0.39, 0.29) is 0 Å². The molecular formula is C8H16N2. The zero-order valence-electron chi connectivity index (χ0n) is 6.85. The lowest BCUT2D eigenvalue weighted by atomic mass is 10.1. The molecule has 0 aromatic carbocycles. The zero-order valence-corrected chi connectivity index (χ0v) is 6.85. The Morgan fingerprint density at radius 2 is 2.10 bits per heavy atom. The van der Waals surface area contributed by atoms with Crippen molar-refractivity contribution < 1.29 is 0 Å². The lowest BCUT2D eigenvalue weighted by Crippen LogP contribution is -2.17. The van der Waals surface area contributed by atoms with Crippen molar-refractivity contribution in [2.45, 2.75) is 26.7 Å². The van der Waals surface area contributed by atoms with Crippen molar-refractivity contribution in [3.05, 3.63) is 0 Å². The van der Waals surface area contributed by atoms with E-state index in [1.165, 1.54) is 6.42 Å². The summed E-state index contributed by atoms with van der Waals surface area (Å²) in [5, 5.41) is 11.4. The third-order valence-corrected chi connectivity index (χ3v) is 1.31. The van der Waals surface area contributed by atoms with Crippen LogP contribution in [0, 0.1) is 17.2 Å². The smallest absolute Gasteiger partial charge is 0.0635 e. The van der Waals surface area contributed by atoms with Crippen molar-refractivity contribution in [2.24, 2.45) is 5.92 Å². The van der Waals surface area contributed by atoms with Crippen LogP contribution in [0.2, 0.25) is 0 Å². The summed E-state index contributed by atoms with van der Waals surface area (Å²) in [6.45, 7) is 6.28. The molecule has 0 aliphatic carbocycles. The van der Waals surface area contributed by atoms with Crippen molar-refractivity contribution in [2.75, 3.05) is 13.1 Å². The van der Waals surface area contributed by atoms with Crippen LogP contribution in [0.15, 0.2) is 0 Å². The van der Waals surface area contributed by atoms with Gasteiger partial charge in [-0.2, -0.15) is 5.26 Å². The van der Waals surface area contributed by atoms with Gasteiger partial charge in [-0.25, -0.2) is 0 Å². The van der Waals surface area contributed by atoms with Gasteiger partial charge in [0.25, 0.3) is 0 Å². The lowest BCUT2D eigenvalue weighted by molar-refractivity contribution is 0.541. The van der Waals surface area contributed by atoms with Gasteiger partial charge in [-0.05, 0) is 18.9 Å². The molecule has 0 aliphatic heterocycles. The largest absolute Gasteiger partial charge is 0.316 e. The van der Waals surface area contributed by atoms with Crippen LogP contribution in [0.1, 0.15) is 26.7 Å². The molecule has 2 heteroatoms. The predicted molar refractivity (Wildman–Crippen MR) is 42.6 cm³/mol. The van der Waals surface area contributed by atoms with Gasteiger partial charge in [0.15, 0.2) is 0 Å². The molecular weight excluding hydrogens is 124 g/mol. The average Bonchev–Trinajstić information content (AvgIpc) is 1.87. The van der Waals surface area contributed by atoms with Crippen LogP contribution < -0.4 is 5.32 Å². The number of nitrogens with zero attached hydrogens (tertiary/aromatic N) is 1. The van der Waals surface area contributed by atoms with Crippen molar-refractivity contribution in [1.29, 1.82) is 5.26 Å². The summed E-state index contributed by atoms with van der Waals surface area (Å²) in [7, 11) is 0. The Kier molecular flexibility index (Phi) is 6.21. The molecule has 0 fully saturated rings. The Hall–Kier alpha value is -0.550. The van der Waals surface area contributed by atoms with Crippen LogP contribution in [-0.4, -0.2) is 13.1 Å². The number of nitrogens with one attached hydrogen (secondary N) is 1. The fourth-order valence-corrected chi connectivity index (χ4v) is 0.660. The van der Waals surface area contributed by atoms with E-state index in [1.807, 2.05) is 0 Å². The van der Waals surface area contributed by atoms with Crippen molar-refractivity contribution in [3.8, 4) is 6.07 Å². The second kappa shape index (κ2) is 6.57. The monoisotopic (exact) mass is 140 g/mol. The highest BCUT2D eigenvalue weighted by molar-refractivity contribution is 4.69. The Morgan fingerprint density at radius 1 is 1.40 bits per heavy atom. The van der Waals surface area contributed by atoms with Crippen LogP contribution in [0.25, 0.3) is 0 Å².